The summed E-state index contributed by atoms with van der Waals surface area (Å²) >= 11 is 0. The molecule has 0 spiro atoms. The summed E-state index contributed by atoms with van der Waals surface area (Å²) in [5.74, 6) is 0.475. The quantitative estimate of drug-likeness (QED) is 0.736. The fourth-order valence-electron chi connectivity index (χ4n) is 2.69. The number of ether oxygens (including phenoxy) is 1. The van der Waals surface area contributed by atoms with Gasteiger partial charge < -0.3 is 15.2 Å². The maximum atomic E-state index is 9.97. The number of fused-ring (bicyclic) bond motifs is 1. The third-order valence-electron chi connectivity index (χ3n) is 3.92. The van der Waals surface area contributed by atoms with Gasteiger partial charge in [-0.25, -0.2) is 9.50 Å². The van der Waals surface area contributed by atoms with Crippen molar-refractivity contribution >= 4 is 11.5 Å². The Morgan fingerprint density at radius 2 is 2.17 bits per heavy atom. The normalized spacial score (nSPS) is 21.4. The fourth-order valence-corrected chi connectivity index (χ4v) is 2.69. The molecular formula is C15H16N6O2. The number of aliphatic hydroxyl groups excluding tert-OH is 1. The molecule has 2 N–H and O–H groups in total. The highest BCUT2D eigenvalue weighted by Gasteiger charge is 2.24. The summed E-state index contributed by atoms with van der Waals surface area (Å²) in [6.45, 7) is 0.950. The zero-order valence-corrected chi connectivity index (χ0v) is 12.3. The van der Waals surface area contributed by atoms with Crippen molar-refractivity contribution < 1.29 is 9.84 Å². The summed E-state index contributed by atoms with van der Waals surface area (Å²) < 4.78 is 7.04. The van der Waals surface area contributed by atoms with Crippen LogP contribution in [0, 0.1) is 0 Å². The van der Waals surface area contributed by atoms with E-state index < -0.39 is 6.10 Å². The Kier molecular flexibility index (Phi) is 3.60. The highest BCUT2D eigenvalue weighted by atomic mass is 16.5. The predicted molar refractivity (Wildman–Crippen MR) is 82.9 cm³/mol. The lowest BCUT2D eigenvalue weighted by atomic mass is 10.1. The van der Waals surface area contributed by atoms with E-state index >= 15 is 0 Å². The highest BCUT2D eigenvalue weighted by molar-refractivity contribution is 5.65. The van der Waals surface area contributed by atoms with Gasteiger partial charge in [0.25, 0.3) is 0 Å². The van der Waals surface area contributed by atoms with Crippen LogP contribution in [0.25, 0.3) is 16.8 Å². The molecule has 4 heterocycles. The highest BCUT2D eigenvalue weighted by Crippen LogP contribution is 2.21. The van der Waals surface area contributed by atoms with Crippen molar-refractivity contribution in [1.29, 1.82) is 0 Å². The maximum absolute atomic E-state index is 9.97. The van der Waals surface area contributed by atoms with Crippen LogP contribution in [0.1, 0.15) is 6.42 Å². The van der Waals surface area contributed by atoms with Gasteiger partial charge in [-0.1, -0.05) is 0 Å². The lowest BCUT2D eigenvalue weighted by Gasteiger charge is -2.28. The molecule has 0 aliphatic carbocycles. The van der Waals surface area contributed by atoms with E-state index in [9.17, 15) is 5.11 Å². The third kappa shape index (κ3) is 2.73. The number of nitrogens with one attached hydrogen (secondary N) is 1. The SMILES string of the molecule is O[C@@H]1COCC[C@H]1Nc1ncc2ccc(-c3ccnnc3)n2n1. The summed E-state index contributed by atoms with van der Waals surface area (Å²) in [4.78, 5) is 4.32. The van der Waals surface area contributed by atoms with Crippen LogP contribution in [-0.2, 0) is 4.74 Å². The Balaban J connectivity index is 1.67. The van der Waals surface area contributed by atoms with Crippen LogP contribution in [-0.4, -0.2) is 55.3 Å². The molecule has 0 amide bonds. The van der Waals surface area contributed by atoms with Crippen molar-refractivity contribution in [3.05, 3.63) is 36.8 Å². The summed E-state index contributed by atoms with van der Waals surface area (Å²) in [6, 6.07) is 5.69. The number of rotatable bonds is 3. The van der Waals surface area contributed by atoms with E-state index in [-0.39, 0.29) is 6.04 Å². The molecule has 3 aromatic heterocycles. The van der Waals surface area contributed by atoms with Gasteiger partial charge in [0.15, 0.2) is 0 Å². The molecule has 1 fully saturated rings. The number of hydrogen-bond donors (Lipinski definition) is 2. The molecule has 4 rings (SSSR count). The molecule has 1 aliphatic heterocycles. The van der Waals surface area contributed by atoms with Gasteiger partial charge in [-0.05, 0) is 24.6 Å². The Morgan fingerprint density at radius 3 is 3.00 bits per heavy atom. The van der Waals surface area contributed by atoms with Gasteiger partial charge in [-0.2, -0.15) is 10.2 Å². The maximum Gasteiger partial charge on any atom is 0.241 e. The molecule has 2 atom stereocenters. The van der Waals surface area contributed by atoms with Gasteiger partial charge in [0, 0.05) is 12.2 Å². The van der Waals surface area contributed by atoms with Gasteiger partial charge >= 0.3 is 0 Å². The summed E-state index contributed by atoms with van der Waals surface area (Å²) in [5, 5.41) is 25.4. The van der Waals surface area contributed by atoms with E-state index in [0.717, 1.165) is 23.2 Å². The van der Waals surface area contributed by atoms with Gasteiger partial charge in [0.2, 0.25) is 5.95 Å². The third-order valence-corrected chi connectivity index (χ3v) is 3.92. The van der Waals surface area contributed by atoms with Crippen molar-refractivity contribution in [3.63, 3.8) is 0 Å². The van der Waals surface area contributed by atoms with Crippen LogP contribution in [0.3, 0.4) is 0 Å². The van der Waals surface area contributed by atoms with Crippen molar-refractivity contribution in [2.24, 2.45) is 0 Å². The lowest BCUT2D eigenvalue weighted by Crippen LogP contribution is -2.42. The number of hydrogen-bond acceptors (Lipinski definition) is 7. The summed E-state index contributed by atoms with van der Waals surface area (Å²) in [7, 11) is 0. The first-order chi connectivity index (χ1) is 11.3. The first-order valence-electron chi connectivity index (χ1n) is 7.45. The molecule has 23 heavy (non-hydrogen) atoms. The van der Waals surface area contributed by atoms with E-state index in [1.807, 2.05) is 18.2 Å². The molecule has 3 aromatic rings. The molecule has 0 saturated carbocycles. The van der Waals surface area contributed by atoms with Crippen LogP contribution < -0.4 is 5.32 Å². The molecule has 0 bridgehead atoms. The first-order valence-corrected chi connectivity index (χ1v) is 7.45. The zero-order chi connectivity index (χ0) is 15.6. The summed E-state index contributed by atoms with van der Waals surface area (Å²) in [5.41, 5.74) is 2.72. The minimum Gasteiger partial charge on any atom is -0.389 e. The van der Waals surface area contributed by atoms with E-state index in [2.05, 4.69) is 25.6 Å². The number of aliphatic hydroxyl groups is 1. The standard InChI is InChI=1S/C15H16N6O2/c22-14-9-23-6-4-12(14)19-15-16-8-11-1-2-13(21(11)20-15)10-3-5-17-18-7-10/h1-3,5,7-8,12,14,22H,4,6,9H2,(H,19,20)/t12-,14-/m1/s1. The second kappa shape index (κ2) is 5.90. The van der Waals surface area contributed by atoms with E-state index in [1.165, 1.54) is 0 Å². The largest absolute Gasteiger partial charge is 0.389 e. The van der Waals surface area contributed by atoms with Crippen molar-refractivity contribution in [2.75, 3.05) is 18.5 Å². The lowest BCUT2D eigenvalue weighted by molar-refractivity contribution is -0.0136. The fraction of sp³-hybridized carbons (Fsp3) is 0.333. The monoisotopic (exact) mass is 312 g/mol. The first kappa shape index (κ1) is 14.0. The summed E-state index contributed by atoms with van der Waals surface area (Å²) in [6.07, 6.45) is 5.25. The number of anilines is 1. The van der Waals surface area contributed by atoms with Gasteiger partial charge in [0.05, 0.1) is 48.6 Å². The second-order valence-electron chi connectivity index (χ2n) is 5.45. The Bertz CT molecular complexity index is 806. The Hall–Kier alpha value is -2.58. The van der Waals surface area contributed by atoms with E-state index in [0.29, 0.717) is 19.2 Å². The molecule has 0 radical (unpaired) electrons. The van der Waals surface area contributed by atoms with E-state index in [4.69, 9.17) is 4.74 Å². The molecule has 0 aromatic carbocycles. The smallest absolute Gasteiger partial charge is 0.241 e. The van der Waals surface area contributed by atoms with E-state index in [1.54, 1.807) is 23.1 Å². The van der Waals surface area contributed by atoms with Crippen LogP contribution in [0.15, 0.2) is 36.8 Å². The minimum absolute atomic E-state index is 0.109. The molecular weight excluding hydrogens is 296 g/mol. The van der Waals surface area contributed by atoms with Crippen molar-refractivity contribution in [2.45, 2.75) is 18.6 Å². The number of aromatic nitrogens is 5. The minimum atomic E-state index is -0.559. The Morgan fingerprint density at radius 1 is 1.22 bits per heavy atom. The van der Waals surface area contributed by atoms with Crippen LogP contribution in [0.2, 0.25) is 0 Å². The van der Waals surface area contributed by atoms with Gasteiger partial charge in [0.1, 0.15) is 0 Å². The topological polar surface area (TPSA) is 97.5 Å². The predicted octanol–water partition coefficient (Wildman–Crippen LogP) is 0.748. The molecule has 8 nitrogen and oxygen atoms in total. The van der Waals surface area contributed by atoms with Crippen molar-refractivity contribution in [3.8, 4) is 11.3 Å². The zero-order valence-electron chi connectivity index (χ0n) is 12.3. The van der Waals surface area contributed by atoms with Crippen molar-refractivity contribution in [1.82, 2.24) is 24.8 Å². The van der Waals surface area contributed by atoms with Crippen LogP contribution in [0.5, 0.6) is 0 Å². The average molecular weight is 312 g/mol. The molecule has 0 unspecified atom stereocenters. The Labute approximate surface area is 132 Å². The molecule has 118 valence electrons. The molecule has 8 heteroatoms. The van der Waals surface area contributed by atoms with Crippen LogP contribution in [0.4, 0.5) is 5.95 Å². The van der Waals surface area contributed by atoms with Gasteiger partial charge in [-0.3, -0.25) is 0 Å². The van der Waals surface area contributed by atoms with Crippen LogP contribution >= 0.6 is 0 Å². The number of nitrogens with zero attached hydrogens (tertiary/aromatic N) is 5. The molecule has 1 aliphatic rings. The molecule has 1 saturated heterocycles. The average Bonchev–Trinajstić information content (AvgIpc) is 3.01. The van der Waals surface area contributed by atoms with Gasteiger partial charge in [-0.15, -0.1) is 5.10 Å². The second-order valence-corrected chi connectivity index (χ2v) is 5.45.